The van der Waals surface area contributed by atoms with E-state index in [0.717, 1.165) is 37.7 Å². The molecule has 1 fully saturated rings. The number of nitrogens with zero attached hydrogens (tertiary/aromatic N) is 2. The summed E-state index contributed by atoms with van der Waals surface area (Å²) in [6.45, 7) is 2.91. The molecule has 1 aliphatic heterocycles. The predicted octanol–water partition coefficient (Wildman–Crippen LogP) is 4.35. The van der Waals surface area contributed by atoms with Gasteiger partial charge in [-0.05, 0) is 81.5 Å². The molecule has 41 heavy (non-hydrogen) atoms. The summed E-state index contributed by atoms with van der Waals surface area (Å²) in [6.07, 6.45) is 1.65. The Hall–Kier alpha value is -4.00. The third kappa shape index (κ3) is 6.67. The molecule has 4 aromatic rings. The fourth-order valence-corrected chi connectivity index (χ4v) is 5.98. The number of H-pyrrole nitrogens is 1. The van der Waals surface area contributed by atoms with E-state index in [1.54, 1.807) is 12.1 Å². The van der Waals surface area contributed by atoms with Crippen LogP contribution in [0.4, 0.5) is 21.6 Å². The van der Waals surface area contributed by atoms with Crippen LogP contribution in [0.1, 0.15) is 23.2 Å². The van der Waals surface area contributed by atoms with Crippen molar-refractivity contribution in [3.05, 3.63) is 72.0 Å². The number of anilines is 3. The molecule has 2 heterocycles. The maximum Gasteiger partial charge on any atom is 0.258 e. The number of amides is 1. The van der Waals surface area contributed by atoms with Gasteiger partial charge in [0.05, 0.1) is 20.9 Å². The highest BCUT2D eigenvalue weighted by Gasteiger charge is 2.22. The summed E-state index contributed by atoms with van der Waals surface area (Å²) in [4.78, 5) is 15.4. The monoisotopic (exact) mass is 580 g/mol. The summed E-state index contributed by atoms with van der Waals surface area (Å²) >= 11 is 0. The van der Waals surface area contributed by atoms with Gasteiger partial charge in [0.25, 0.3) is 5.91 Å². The molecule has 0 unspecified atom stereocenters. The molecule has 0 radical (unpaired) electrons. The first-order valence-electron chi connectivity index (χ1n) is 13.4. The van der Waals surface area contributed by atoms with Crippen molar-refractivity contribution in [2.45, 2.75) is 28.7 Å². The highest BCUT2D eigenvalue weighted by molar-refractivity contribution is 7.91. The van der Waals surface area contributed by atoms with E-state index in [1.807, 2.05) is 26.2 Å². The van der Waals surface area contributed by atoms with E-state index in [4.69, 9.17) is 4.74 Å². The first kappa shape index (κ1) is 28.5. The van der Waals surface area contributed by atoms with Gasteiger partial charge in [0, 0.05) is 49.1 Å². The largest absolute Gasteiger partial charge is 0.384 e. The lowest BCUT2D eigenvalue weighted by Gasteiger charge is -2.25. The van der Waals surface area contributed by atoms with Crippen LogP contribution in [0.25, 0.3) is 10.9 Å². The summed E-state index contributed by atoms with van der Waals surface area (Å²) in [5.41, 5.74) is 2.53. The molecule has 10 nitrogen and oxygen atoms in total. The highest BCUT2D eigenvalue weighted by Crippen LogP contribution is 2.30. The maximum absolute atomic E-state index is 13.7. The normalized spacial score (nSPS) is 14.3. The van der Waals surface area contributed by atoms with Crippen LogP contribution in [-0.2, 0) is 14.6 Å². The van der Waals surface area contributed by atoms with Crippen molar-refractivity contribution in [1.82, 2.24) is 15.1 Å². The van der Waals surface area contributed by atoms with Crippen LogP contribution in [0.15, 0.2) is 70.5 Å². The lowest BCUT2D eigenvalue weighted by atomic mass is 10.1. The molecule has 3 aromatic carbocycles. The number of sulfone groups is 1. The minimum atomic E-state index is -3.99. The maximum atomic E-state index is 13.7. The SMILES string of the molecule is CN(C)CCNc1ccc(C(=O)Nc2n[nH]c3ccc(S(=O)(=O)c4cccc(F)c4)cc23)c(NC2CCOCC2)c1. The zero-order valence-electron chi connectivity index (χ0n) is 22.9. The molecule has 4 N–H and O–H groups in total. The number of carbonyl (C=O) groups excluding carboxylic acids is 1. The average molecular weight is 581 g/mol. The van der Waals surface area contributed by atoms with E-state index >= 15 is 0 Å². The molecule has 216 valence electrons. The van der Waals surface area contributed by atoms with Gasteiger partial charge in [-0.1, -0.05) is 6.07 Å². The molecule has 0 aliphatic carbocycles. The summed E-state index contributed by atoms with van der Waals surface area (Å²) in [7, 11) is 0.0177. The van der Waals surface area contributed by atoms with Gasteiger partial charge in [-0.25, -0.2) is 12.8 Å². The lowest BCUT2D eigenvalue weighted by molar-refractivity contribution is 0.0904. The summed E-state index contributed by atoms with van der Waals surface area (Å²) in [5, 5.41) is 17.2. The Balaban J connectivity index is 1.42. The van der Waals surface area contributed by atoms with Crippen LogP contribution in [0.3, 0.4) is 0 Å². The van der Waals surface area contributed by atoms with E-state index in [-0.39, 0.29) is 21.7 Å². The molecule has 1 amide bonds. The number of ether oxygens (including phenoxy) is 1. The number of rotatable bonds is 10. The number of halogens is 1. The molecule has 0 spiro atoms. The van der Waals surface area contributed by atoms with Crippen molar-refractivity contribution in [3.63, 3.8) is 0 Å². The fraction of sp³-hybridized carbons (Fsp3) is 0.310. The summed E-state index contributed by atoms with van der Waals surface area (Å²) in [6, 6.07) is 14.9. The predicted molar refractivity (Wildman–Crippen MR) is 157 cm³/mol. The van der Waals surface area contributed by atoms with E-state index in [2.05, 4.69) is 31.0 Å². The van der Waals surface area contributed by atoms with Gasteiger partial charge in [-0.15, -0.1) is 0 Å². The van der Waals surface area contributed by atoms with Crippen molar-refractivity contribution < 1.29 is 22.3 Å². The van der Waals surface area contributed by atoms with Crippen molar-refractivity contribution in [2.75, 3.05) is 56.3 Å². The molecule has 1 aliphatic rings. The molecule has 5 rings (SSSR count). The molecular weight excluding hydrogens is 547 g/mol. The van der Waals surface area contributed by atoms with Crippen LogP contribution in [0, 0.1) is 5.82 Å². The number of aromatic nitrogens is 2. The van der Waals surface area contributed by atoms with Crippen molar-refractivity contribution in [3.8, 4) is 0 Å². The zero-order valence-corrected chi connectivity index (χ0v) is 23.7. The fourth-order valence-electron chi connectivity index (χ4n) is 4.66. The van der Waals surface area contributed by atoms with Crippen LogP contribution >= 0.6 is 0 Å². The van der Waals surface area contributed by atoms with Crippen LogP contribution in [0.5, 0.6) is 0 Å². The molecule has 12 heteroatoms. The minimum Gasteiger partial charge on any atom is -0.384 e. The second-order valence-corrected chi connectivity index (χ2v) is 12.2. The first-order valence-corrected chi connectivity index (χ1v) is 14.9. The van der Waals surface area contributed by atoms with E-state index in [0.29, 0.717) is 35.4 Å². The van der Waals surface area contributed by atoms with Crippen molar-refractivity contribution in [2.24, 2.45) is 0 Å². The quantitative estimate of drug-likeness (QED) is 0.218. The highest BCUT2D eigenvalue weighted by atomic mass is 32.2. The number of hydrogen-bond donors (Lipinski definition) is 4. The number of nitrogens with one attached hydrogen (secondary N) is 4. The van der Waals surface area contributed by atoms with Gasteiger partial charge in [-0.2, -0.15) is 5.10 Å². The lowest BCUT2D eigenvalue weighted by Crippen LogP contribution is -2.29. The molecule has 0 bridgehead atoms. The number of aromatic amines is 1. The Morgan fingerprint density at radius 2 is 1.85 bits per heavy atom. The number of hydrogen-bond acceptors (Lipinski definition) is 8. The Labute approximate surface area is 238 Å². The number of likely N-dealkylation sites (N-methyl/N-ethyl adjacent to an activating group) is 1. The summed E-state index contributed by atoms with van der Waals surface area (Å²) < 4.78 is 45.6. The number of carbonyl (C=O) groups is 1. The zero-order chi connectivity index (χ0) is 29.0. The number of benzene rings is 3. The van der Waals surface area contributed by atoms with Crippen LogP contribution in [-0.4, -0.2) is 75.9 Å². The van der Waals surface area contributed by atoms with Gasteiger partial charge < -0.3 is 25.6 Å². The van der Waals surface area contributed by atoms with Gasteiger partial charge >= 0.3 is 0 Å². The van der Waals surface area contributed by atoms with Crippen LogP contribution in [0.2, 0.25) is 0 Å². The molecule has 0 atom stereocenters. The van der Waals surface area contributed by atoms with E-state index in [1.165, 1.54) is 30.3 Å². The van der Waals surface area contributed by atoms with Gasteiger partial charge in [0.2, 0.25) is 9.84 Å². The van der Waals surface area contributed by atoms with E-state index < -0.39 is 21.6 Å². The Kier molecular flexibility index (Phi) is 8.52. The molecule has 1 aromatic heterocycles. The first-order chi connectivity index (χ1) is 19.7. The molecule has 1 saturated heterocycles. The Morgan fingerprint density at radius 1 is 1.07 bits per heavy atom. The second kappa shape index (κ2) is 12.2. The number of fused-ring (bicyclic) bond motifs is 1. The standard InChI is InChI=1S/C29H33FN6O4S/c1-36(2)13-12-31-21-6-8-24(27(17-21)32-20-10-14-40-15-11-20)29(37)33-28-25-18-23(7-9-26(25)34-35-28)41(38,39)22-5-3-4-19(30)16-22/h3-9,16-18,20,31-32H,10-15H2,1-2H3,(H2,33,34,35,37). The van der Waals surface area contributed by atoms with Crippen LogP contribution < -0.4 is 16.0 Å². The smallest absolute Gasteiger partial charge is 0.258 e. The molecule has 0 saturated carbocycles. The Morgan fingerprint density at radius 3 is 2.61 bits per heavy atom. The third-order valence-corrected chi connectivity index (χ3v) is 8.67. The van der Waals surface area contributed by atoms with E-state index in [9.17, 15) is 17.6 Å². The third-order valence-electron chi connectivity index (χ3n) is 6.92. The second-order valence-electron chi connectivity index (χ2n) is 10.2. The van der Waals surface area contributed by atoms with Gasteiger partial charge in [0.15, 0.2) is 5.82 Å². The molecular formula is C29H33FN6O4S. The van der Waals surface area contributed by atoms with Gasteiger partial charge in [-0.3, -0.25) is 9.89 Å². The average Bonchev–Trinajstić information content (AvgIpc) is 3.35. The topological polar surface area (TPSA) is 128 Å². The Bertz CT molecular complexity index is 1650. The summed E-state index contributed by atoms with van der Waals surface area (Å²) in [5.74, 6) is -0.856. The minimum absolute atomic E-state index is 0.0393. The van der Waals surface area contributed by atoms with Gasteiger partial charge in [0.1, 0.15) is 5.82 Å². The van der Waals surface area contributed by atoms with Crippen molar-refractivity contribution >= 4 is 43.8 Å². The van der Waals surface area contributed by atoms with Crippen molar-refractivity contribution in [1.29, 1.82) is 0 Å².